The van der Waals surface area contributed by atoms with Gasteiger partial charge in [-0.15, -0.1) is 0 Å². The number of hydrogen-bond donors (Lipinski definition) is 1. The van der Waals surface area contributed by atoms with Crippen molar-refractivity contribution in [1.82, 2.24) is 20.0 Å². The number of piperidine rings is 2. The van der Waals surface area contributed by atoms with Crippen LogP contribution in [-0.2, 0) is 0 Å². The first-order chi connectivity index (χ1) is 13.6. The van der Waals surface area contributed by atoms with E-state index >= 15 is 0 Å². The average molecular weight is 384 g/mol. The summed E-state index contributed by atoms with van der Waals surface area (Å²) in [6, 6.07) is 6.16. The van der Waals surface area contributed by atoms with E-state index in [2.05, 4.69) is 22.0 Å². The number of benzene rings is 1. The maximum Gasteiger partial charge on any atom is 0.257 e. The largest absolute Gasteiger partial charge is 0.338 e. The molecule has 0 radical (unpaired) electrons. The molecule has 0 spiro atoms. The highest BCUT2D eigenvalue weighted by Gasteiger charge is 2.28. The van der Waals surface area contributed by atoms with Gasteiger partial charge in [-0.1, -0.05) is 6.92 Å². The molecule has 150 valence electrons. The number of hydrogen-bond acceptors (Lipinski definition) is 3. The van der Waals surface area contributed by atoms with Crippen LogP contribution in [0.2, 0.25) is 0 Å². The van der Waals surface area contributed by atoms with E-state index in [0.29, 0.717) is 17.2 Å². The number of carbonyl (C=O) groups is 1. The Hall–Kier alpha value is -2.21. The van der Waals surface area contributed by atoms with Gasteiger partial charge in [-0.2, -0.15) is 5.10 Å². The molecule has 0 bridgehead atoms. The lowest BCUT2D eigenvalue weighted by Crippen LogP contribution is -2.45. The topological polar surface area (TPSA) is 52.2 Å². The van der Waals surface area contributed by atoms with E-state index in [1.165, 1.54) is 44.5 Å². The summed E-state index contributed by atoms with van der Waals surface area (Å²) in [4.78, 5) is 17.7. The second-order valence-corrected chi connectivity index (χ2v) is 8.41. The lowest BCUT2D eigenvalue weighted by Gasteiger charge is -2.37. The highest BCUT2D eigenvalue weighted by molar-refractivity contribution is 5.99. The van der Waals surface area contributed by atoms with Crippen LogP contribution in [0.1, 0.15) is 43.0 Å². The van der Waals surface area contributed by atoms with E-state index in [-0.39, 0.29) is 11.7 Å². The van der Waals surface area contributed by atoms with Gasteiger partial charge in [-0.25, -0.2) is 4.39 Å². The Balaban J connectivity index is 1.42. The first-order valence-corrected chi connectivity index (χ1v) is 10.4. The number of H-pyrrole nitrogens is 1. The summed E-state index contributed by atoms with van der Waals surface area (Å²) < 4.78 is 13.2. The lowest BCUT2D eigenvalue weighted by molar-refractivity contribution is 0.0623. The van der Waals surface area contributed by atoms with E-state index in [0.717, 1.165) is 37.5 Å². The second kappa shape index (κ2) is 8.43. The van der Waals surface area contributed by atoms with Gasteiger partial charge < -0.3 is 9.80 Å². The van der Waals surface area contributed by atoms with Crippen molar-refractivity contribution in [2.24, 2.45) is 11.8 Å². The third-order valence-corrected chi connectivity index (χ3v) is 6.20. The number of likely N-dealkylation sites (tertiary alicyclic amines) is 2. The van der Waals surface area contributed by atoms with E-state index < -0.39 is 0 Å². The Morgan fingerprint density at radius 2 is 1.93 bits per heavy atom. The molecule has 1 N–H and O–H groups in total. The number of halogens is 1. The number of nitrogens with one attached hydrogen (secondary N) is 1. The summed E-state index contributed by atoms with van der Waals surface area (Å²) in [5, 5.41) is 7.00. The number of aromatic nitrogens is 2. The molecule has 2 saturated heterocycles. The Labute approximate surface area is 165 Å². The Kier molecular flexibility index (Phi) is 5.76. The van der Waals surface area contributed by atoms with Crippen LogP contribution in [0.15, 0.2) is 30.5 Å². The molecular weight excluding hydrogens is 355 g/mol. The Bertz CT molecular complexity index is 795. The van der Waals surface area contributed by atoms with Gasteiger partial charge in [0.25, 0.3) is 5.91 Å². The van der Waals surface area contributed by atoms with Gasteiger partial charge in [0.05, 0.1) is 17.5 Å². The summed E-state index contributed by atoms with van der Waals surface area (Å²) in [6.07, 6.45) is 6.39. The van der Waals surface area contributed by atoms with Crippen LogP contribution < -0.4 is 0 Å². The molecule has 1 unspecified atom stereocenters. The van der Waals surface area contributed by atoms with E-state index in [1.54, 1.807) is 18.3 Å². The molecule has 1 aromatic carbocycles. The summed E-state index contributed by atoms with van der Waals surface area (Å²) in [5.41, 5.74) is 2.01. The van der Waals surface area contributed by atoms with Crippen LogP contribution in [0.3, 0.4) is 0 Å². The maximum absolute atomic E-state index is 13.2. The van der Waals surface area contributed by atoms with Crippen LogP contribution in [-0.4, -0.2) is 58.6 Å². The van der Waals surface area contributed by atoms with Crippen molar-refractivity contribution in [3.8, 4) is 11.3 Å². The summed E-state index contributed by atoms with van der Waals surface area (Å²) in [6.45, 7) is 7.39. The number of carbonyl (C=O) groups excluding carboxylic acids is 1. The van der Waals surface area contributed by atoms with Gasteiger partial charge in [0.2, 0.25) is 0 Å². The molecular formula is C22H29FN4O. The minimum absolute atomic E-state index is 0.0186. The predicted molar refractivity (Wildman–Crippen MR) is 107 cm³/mol. The van der Waals surface area contributed by atoms with Crippen LogP contribution in [0.25, 0.3) is 11.3 Å². The third-order valence-electron chi connectivity index (χ3n) is 6.20. The van der Waals surface area contributed by atoms with Crippen LogP contribution >= 0.6 is 0 Å². The minimum atomic E-state index is -0.290. The summed E-state index contributed by atoms with van der Waals surface area (Å²) in [7, 11) is 0. The predicted octanol–water partition coefficient (Wildman–Crippen LogP) is 3.80. The van der Waals surface area contributed by atoms with Crippen LogP contribution in [0.4, 0.5) is 4.39 Å². The van der Waals surface area contributed by atoms with Gasteiger partial charge >= 0.3 is 0 Å². The zero-order valence-electron chi connectivity index (χ0n) is 16.5. The molecule has 6 heteroatoms. The highest BCUT2D eigenvalue weighted by Crippen LogP contribution is 2.26. The van der Waals surface area contributed by atoms with Gasteiger partial charge in [-0.3, -0.25) is 9.89 Å². The molecule has 3 heterocycles. The van der Waals surface area contributed by atoms with Crippen molar-refractivity contribution >= 4 is 5.91 Å². The third kappa shape index (κ3) is 4.27. The van der Waals surface area contributed by atoms with Gasteiger partial charge in [0.15, 0.2) is 0 Å². The molecule has 1 atom stereocenters. The molecule has 5 nitrogen and oxygen atoms in total. The molecule has 1 aromatic heterocycles. The zero-order valence-corrected chi connectivity index (χ0v) is 16.5. The quantitative estimate of drug-likeness (QED) is 0.872. The fourth-order valence-corrected chi connectivity index (χ4v) is 4.46. The minimum Gasteiger partial charge on any atom is -0.338 e. The normalized spacial score (nSPS) is 21.8. The van der Waals surface area contributed by atoms with Crippen molar-refractivity contribution in [2.75, 3.05) is 32.7 Å². The average Bonchev–Trinajstić information content (AvgIpc) is 3.20. The van der Waals surface area contributed by atoms with Gasteiger partial charge in [0.1, 0.15) is 5.82 Å². The Morgan fingerprint density at radius 3 is 2.68 bits per heavy atom. The van der Waals surface area contributed by atoms with E-state index in [1.807, 2.05) is 4.90 Å². The SMILES string of the molecule is CC1CCN(CC2CCCN(C(=O)c3cn[nH]c3-c3ccc(F)cc3)C2)CC1. The second-order valence-electron chi connectivity index (χ2n) is 8.41. The molecule has 1 amide bonds. The number of aromatic amines is 1. The number of nitrogens with zero attached hydrogens (tertiary/aromatic N) is 3. The van der Waals surface area contributed by atoms with Gasteiger partial charge in [0, 0.05) is 25.2 Å². The van der Waals surface area contributed by atoms with Crippen molar-refractivity contribution < 1.29 is 9.18 Å². The molecule has 2 aliphatic rings. The lowest BCUT2D eigenvalue weighted by atomic mass is 9.94. The molecule has 2 aromatic rings. The standard InChI is InChI=1S/C22H29FN4O/c1-16-8-11-26(12-9-16)14-17-3-2-10-27(15-17)22(28)20-13-24-25-21(20)18-4-6-19(23)7-5-18/h4-7,13,16-17H,2-3,8-12,14-15H2,1H3,(H,24,25). The monoisotopic (exact) mass is 384 g/mol. The fraction of sp³-hybridized carbons (Fsp3) is 0.545. The molecule has 28 heavy (non-hydrogen) atoms. The van der Waals surface area contributed by atoms with Gasteiger partial charge in [-0.05, 0) is 74.9 Å². The first-order valence-electron chi connectivity index (χ1n) is 10.4. The van der Waals surface area contributed by atoms with Crippen molar-refractivity contribution in [3.63, 3.8) is 0 Å². The highest BCUT2D eigenvalue weighted by atomic mass is 19.1. The first kappa shape index (κ1) is 19.1. The molecule has 4 rings (SSSR count). The van der Waals surface area contributed by atoms with Crippen molar-refractivity contribution in [3.05, 3.63) is 41.8 Å². The molecule has 2 fully saturated rings. The summed E-state index contributed by atoms with van der Waals surface area (Å²) in [5.74, 6) is 1.10. The molecule has 0 saturated carbocycles. The zero-order chi connectivity index (χ0) is 19.5. The van der Waals surface area contributed by atoms with Crippen LogP contribution in [0.5, 0.6) is 0 Å². The maximum atomic E-state index is 13.2. The molecule has 0 aliphatic carbocycles. The smallest absolute Gasteiger partial charge is 0.257 e. The Morgan fingerprint density at radius 1 is 1.18 bits per heavy atom. The van der Waals surface area contributed by atoms with Crippen molar-refractivity contribution in [2.45, 2.75) is 32.6 Å². The molecule has 2 aliphatic heterocycles. The number of amides is 1. The van der Waals surface area contributed by atoms with E-state index in [9.17, 15) is 9.18 Å². The van der Waals surface area contributed by atoms with E-state index in [4.69, 9.17) is 0 Å². The van der Waals surface area contributed by atoms with Crippen molar-refractivity contribution in [1.29, 1.82) is 0 Å². The van der Waals surface area contributed by atoms with Crippen LogP contribution in [0, 0.1) is 17.7 Å². The summed E-state index contributed by atoms with van der Waals surface area (Å²) >= 11 is 0. The number of rotatable bonds is 4. The fourth-order valence-electron chi connectivity index (χ4n) is 4.46.